The number of fused-ring (bicyclic) bond motifs is 5. The molecule has 0 heterocycles. The number of ether oxygens (including phenoxy) is 1. The molecule has 2 nitrogen and oxygen atoms in total. The second-order valence-corrected chi connectivity index (χ2v) is 15.9. The van der Waals surface area contributed by atoms with E-state index in [1.54, 1.807) is 0 Å². The molecular formula is C29H44Cl4O2. The standard InChI is InChI=1S/C29H44Cl4O2/c1-18(17-29(31,32)33)6-5-7-19(2)23-10-11-24-22-9-8-20-16-21(35-26(30)34)12-14-27(20,3)25(22)13-15-28(23,24)4/h8,18-19,21-25H,5-7,9-17H2,1-4H3/t18?,19-,21+,22+,23-,24+,25+,27+,28-/m1/s1. The zero-order valence-electron chi connectivity index (χ0n) is 21.9. The van der Waals surface area contributed by atoms with Crippen molar-refractivity contribution in [1.29, 1.82) is 0 Å². The van der Waals surface area contributed by atoms with Gasteiger partial charge in [-0.25, -0.2) is 4.79 Å². The second-order valence-electron chi connectivity index (χ2n) is 13.0. The van der Waals surface area contributed by atoms with Crippen LogP contribution in [-0.4, -0.2) is 15.3 Å². The molecule has 0 aromatic heterocycles. The first-order valence-electron chi connectivity index (χ1n) is 14.0. The third kappa shape index (κ3) is 6.02. The van der Waals surface area contributed by atoms with Crippen LogP contribution >= 0.6 is 46.4 Å². The molecule has 4 aliphatic carbocycles. The topological polar surface area (TPSA) is 26.3 Å². The summed E-state index contributed by atoms with van der Waals surface area (Å²) < 4.78 is 4.25. The Morgan fingerprint density at radius 2 is 1.83 bits per heavy atom. The molecule has 0 amide bonds. The van der Waals surface area contributed by atoms with E-state index in [1.807, 2.05) is 0 Å². The highest BCUT2D eigenvalue weighted by Gasteiger charge is 2.59. The zero-order chi connectivity index (χ0) is 25.6. The number of hydrogen-bond donors (Lipinski definition) is 0. The van der Waals surface area contributed by atoms with Gasteiger partial charge in [0, 0.05) is 18.0 Å². The van der Waals surface area contributed by atoms with Crippen molar-refractivity contribution in [2.45, 2.75) is 115 Å². The molecule has 0 spiro atoms. The quantitative estimate of drug-likeness (QED) is 0.174. The third-order valence-corrected chi connectivity index (χ3v) is 11.6. The van der Waals surface area contributed by atoms with E-state index in [4.69, 9.17) is 51.1 Å². The zero-order valence-corrected chi connectivity index (χ0v) is 25.0. The highest BCUT2D eigenvalue weighted by molar-refractivity contribution is 6.67. The normalized spacial score (nSPS) is 40.7. The van der Waals surface area contributed by atoms with Gasteiger partial charge in [-0.1, -0.05) is 93.4 Å². The molecule has 0 aromatic carbocycles. The molecule has 3 saturated carbocycles. The Labute approximate surface area is 233 Å². The number of hydrogen-bond acceptors (Lipinski definition) is 2. The summed E-state index contributed by atoms with van der Waals surface area (Å²) in [5.41, 5.74) is 1.61. The van der Waals surface area contributed by atoms with Crippen molar-refractivity contribution in [2.75, 3.05) is 0 Å². The minimum atomic E-state index is -1.13. The van der Waals surface area contributed by atoms with Crippen molar-refractivity contribution >= 4 is 51.8 Å². The summed E-state index contributed by atoms with van der Waals surface area (Å²) in [7, 11) is 0. The molecule has 35 heavy (non-hydrogen) atoms. The predicted octanol–water partition coefficient (Wildman–Crippen LogP) is 10.5. The van der Waals surface area contributed by atoms with E-state index in [9.17, 15) is 4.79 Å². The van der Waals surface area contributed by atoms with Gasteiger partial charge in [0.25, 0.3) is 0 Å². The van der Waals surface area contributed by atoms with E-state index in [1.165, 1.54) is 50.5 Å². The molecule has 200 valence electrons. The van der Waals surface area contributed by atoms with Crippen LogP contribution in [0, 0.1) is 46.3 Å². The van der Waals surface area contributed by atoms with Crippen LogP contribution in [0.4, 0.5) is 4.79 Å². The first-order chi connectivity index (χ1) is 16.3. The van der Waals surface area contributed by atoms with Gasteiger partial charge in [-0.15, -0.1) is 0 Å². The van der Waals surface area contributed by atoms with Gasteiger partial charge in [-0.3, -0.25) is 0 Å². The molecule has 0 N–H and O–H groups in total. The number of carbonyl (C=O) groups excluding carboxylic acids is 1. The van der Waals surface area contributed by atoms with Crippen LogP contribution in [0.2, 0.25) is 0 Å². The fraction of sp³-hybridized carbons (Fsp3) is 0.897. The van der Waals surface area contributed by atoms with Crippen LogP contribution in [-0.2, 0) is 4.74 Å². The lowest BCUT2D eigenvalue weighted by atomic mass is 9.47. The van der Waals surface area contributed by atoms with Gasteiger partial charge in [-0.2, -0.15) is 0 Å². The van der Waals surface area contributed by atoms with Gasteiger partial charge >= 0.3 is 5.43 Å². The molecule has 1 unspecified atom stereocenters. The highest BCUT2D eigenvalue weighted by Crippen LogP contribution is 2.67. The molecule has 0 aromatic rings. The summed E-state index contributed by atoms with van der Waals surface area (Å²) in [4.78, 5) is 11.3. The maximum Gasteiger partial charge on any atom is 0.404 e. The fourth-order valence-electron chi connectivity index (χ4n) is 9.32. The number of rotatable bonds is 7. The van der Waals surface area contributed by atoms with E-state index < -0.39 is 9.22 Å². The molecule has 6 heteroatoms. The molecule has 0 radical (unpaired) electrons. The first-order valence-corrected chi connectivity index (χ1v) is 15.5. The van der Waals surface area contributed by atoms with Crippen molar-refractivity contribution in [2.24, 2.45) is 46.3 Å². The minimum Gasteiger partial charge on any atom is -0.450 e. The van der Waals surface area contributed by atoms with E-state index >= 15 is 0 Å². The van der Waals surface area contributed by atoms with E-state index in [0.717, 1.165) is 55.3 Å². The molecule has 3 fully saturated rings. The van der Waals surface area contributed by atoms with Crippen molar-refractivity contribution in [3.05, 3.63) is 11.6 Å². The Balaban J connectivity index is 1.38. The van der Waals surface area contributed by atoms with Gasteiger partial charge in [-0.05, 0) is 97.7 Å². The summed E-state index contributed by atoms with van der Waals surface area (Å²) >= 11 is 23.5. The summed E-state index contributed by atoms with van der Waals surface area (Å²) in [6.45, 7) is 9.85. The van der Waals surface area contributed by atoms with E-state index in [0.29, 0.717) is 17.8 Å². The van der Waals surface area contributed by atoms with Crippen LogP contribution in [0.1, 0.15) is 105 Å². The molecule has 4 aliphatic rings. The number of allylic oxidation sites excluding steroid dienone is 1. The van der Waals surface area contributed by atoms with Crippen molar-refractivity contribution in [3.8, 4) is 0 Å². The average molecular weight is 566 g/mol. The molecule has 0 bridgehead atoms. The number of carbonyl (C=O) groups is 1. The van der Waals surface area contributed by atoms with Crippen molar-refractivity contribution < 1.29 is 9.53 Å². The number of halogens is 4. The van der Waals surface area contributed by atoms with E-state index in [2.05, 4.69) is 33.8 Å². The maximum atomic E-state index is 11.3. The van der Waals surface area contributed by atoms with Crippen LogP contribution in [0.3, 0.4) is 0 Å². The lowest BCUT2D eigenvalue weighted by Gasteiger charge is -2.58. The van der Waals surface area contributed by atoms with Crippen molar-refractivity contribution in [1.82, 2.24) is 0 Å². The Hall–Kier alpha value is 0.370. The molecule has 0 aliphatic heterocycles. The average Bonchev–Trinajstić information content (AvgIpc) is 3.09. The summed E-state index contributed by atoms with van der Waals surface area (Å²) in [6, 6.07) is 0. The Kier molecular flexibility index (Phi) is 8.80. The van der Waals surface area contributed by atoms with Gasteiger partial charge in [0.05, 0.1) is 0 Å². The molecule has 9 atom stereocenters. The highest BCUT2D eigenvalue weighted by atomic mass is 35.6. The summed E-state index contributed by atoms with van der Waals surface area (Å²) in [6.07, 6.45) is 16.4. The largest absolute Gasteiger partial charge is 0.450 e. The van der Waals surface area contributed by atoms with Gasteiger partial charge in [0.2, 0.25) is 0 Å². The Bertz CT molecular complexity index is 807. The molecular weight excluding hydrogens is 522 g/mol. The SMILES string of the molecule is CC(CCC[C@@H](C)[C@H]1CC[C@H]2[C@@H]3CC=C4C[C@@H](OC(=O)Cl)CC[C@]4(C)[C@H]3CC[C@]12C)CC(Cl)(Cl)Cl. The van der Waals surface area contributed by atoms with E-state index in [-0.39, 0.29) is 11.5 Å². The van der Waals surface area contributed by atoms with Gasteiger partial charge < -0.3 is 4.74 Å². The minimum absolute atomic E-state index is 0.0427. The summed E-state index contributed by atoms with van der Waals surface area (Å²) in [5, 5.41) is 0. The smallest absolute Gasteiger partial charge is 0.404 e. The Morgan fingerprint density at radius 3 is 2.51 bits per heavy atom. The third-order valence-electron chi connectivity index (χ3n) is 11.0. The molecule has 4 rings (SSSR count). The van der Waals surface area contributed by atoms with Crippen molar-refractivity contribution in [3.63, 3.8) is 0 Å². The Morgan fingerprint density at radius 1 is 1.09 bits per heavy atom. The van der Waals surface area contributed by atoms with Crippen LogP contribution in [0.25, 0.3) is 0 Å². The number of alkyl halides is 3. The predicted molar refractivity (Wildman–Crippen MR) is 148 cm³/mol. The first kappa shape index (κ1) is 28.4. The maximum absolute atomic E-state index is 11.3. The van der Waals surface area contributed by atoms with Crippen LogP contribution < -0.4 is 0 Å². The summed E-state index contributed by atoms with van der Waals surface area (Å²) in [5.74, 6) is 4.44. The van der Waals surface area contributed by atoms with Gasteiger partial charge in [0.1, 0.15) is 6.10 Å². The fourth-order valence-corrected chi connectivity index (χ4v) is 10.2. The molecule has 0 saturated heterocycles. The van der Waals surface area contributed by atoms with Gasteiger partial charge in [0.15, 0.2) is 3.79 Å². The second kappa shape index (κ2) is 10.9. The lowest BCUT2D eigenvalue weighted by molar-refractivity contribution is -0.0573. The lowest BCUT2D eigenvalue weighted by Crippen LogP contribution is -2.51. The van der Waals surface area contributed by atoms with Crippen LogP contribution in [0.15, 0.2) is 11.6 Å². The van der Waals surface area contributed by atoms with Crippen LogP contribution in [0.5, 0.6) is 0 Å². The monoisotopic (exact) mass is 564 g/mol.